The fraction of sp³-hybridized carbons (Fsp3) is 0.222. The van der Waals surface area contributed by atoms with Crippen molar-refractivity contribution in [3.8, 4) is 6.07 Å². The van der Waals surface area contributed by atoms with Gasteiger partial charge in [-0.05, 0) is 0 Å². The Morgan fingerprint density at radius 3 is 2.72 bits per heavy atom. The molecule has 1 aromatic heterocycles. The lowest BCUT2D eigenvalue weighted by Crippen LogP contribution is -2.38. The monoisotopic (exact) mass is 252 g/mol. The highest BCUT2D eigenvalue weighted by Crippen LogP contribution is 1.85. The van der Waals surface area contributed by atoms with Crippen molar-refractivity contribution >= 4 is 11.9 Å². The van der Waals surface area contributed by atoms with Crippen molar-refractivity contribution in [3.05, 3.63) is 32.6 Å². The maximum Gasteiger partial charge on any atom is 0.328 e. The van der Waals surface area contributed by atoms with E-state index in [0.29, 0.717) is 0 Å². The number of aromatic nitrogens is 2. The molecule has 0 radical (unpaired) electrons. The van der Waals surface area contributed by atoms with Crippen LogP contribution in [0.5, 0.6) is 0 Å². The van der Waals surface area contributed by atoms with Gasteiger partial charge in [0.15, 0.2) is 0 Å². The van der Waals surface area contributed by atoms with Crippen LogP contribution >= 0.6 is 0 Å². The van der Waals surface area contributed by atoms with Gasteiger partial charge >= 0.3 is 11.7 Å². The van der Waals surface area contributed by atoms with Crippen molar-refractivity contribution in [2.24, 2.45) is 0 Å². The van der Waals surface area contributed by atoms with Crippen LogP contribution in [-0.4, -0.2) is 33.1 Å². The summed E-state index contributed by atoms with van der Waals surface area (Å²) in [5, 5.41) is 18.9. The van der Waals surface area contributed by atoms with Crippen LogP contribution in [0.3, 0.4) is 0 Å². The van der Waals surface area contributed by atoms with Gasteiger partial charge in [0.05, 0.1) is 0 Å². The maximum atomic E-state index is 11.3. The number of amides is 1. The number of nitriles is 1. The molecule has 0 saturated heterocycles. The van der Waals surface area contributed by atoms with Gasteiger partial charge in [-0.15, -0.1) is 0 Å². The SMILES string of the molecule is N#Cc1cn(CC(=O)NCC(=O)O)c(=O)[nH]c1=O. The number of carbonyl (C=O) groups excluding carboxylic acids is 1. The minimum Gasteiger partial charge on any atom is -0.480 e. The molecule has 94 valence electrons. The highest BCUT2D eigenvalue weighted by molar-refractivity contribution is 5.80. The molecule has 0 spiro atoms. The molecule has 3 N–H and O–H groups in total. The molecule has 0 fully saturated rings. The quantitative estimate of drug-likeness (QED) is 0.545. The molecule has 9 heteroatoms. The number of carboxylic acids is 1. The van der Waals surface area contributed by atoms with Gasteiger partial charge in [0.25, 0.3) is 5.56 Å². The number of aromatic amines is 1. The van der Waals surface area contributed by atoms with Crippen LogP contribution in [0, 0.1) is 11.3 Å². The Morgan fingerprint density at radius 2 is 2.17 bits per heavy atom. The average Bonchev–Trinajstić information content (AvgIpc) is 2.30. The molecule has 0 atom stereocenters. The van der Waals surface area contributed by atoms with Crippen LogP contribution in [0.25, 0.3) is 0 Å². The largest absolute Gasteiger partial charge is 0.480 e. The van der Waals surface area contributed by atoms with Crippen molar-refractivity contribution in [1.29, 1.82) is 5.26 Å². The molecular formula is C9H8N4O5. The first-order valence-electron chi connectivity index (χ1n) is 4.66. The van der Waals surface area contributed by atoms with E-state index in [4.69, 9.17) is 10.4 Å². The van der Waals surface area contributed by atoms with E-state index in [1.54, 1.807) is 6.07 Å². The molecule has 9 nitrogen and oxygen atoms in total. The molecule has 0 aliphatic rings. The number of nitrogens with one attached hydrogen (secondary N) is 2. The molecule has 1 aromatic rings. The highest BCUT2D eigenvalue weighted by Gasteiger charge is 2.08. The van der Waals surface area contributed by atoms with Crippen LogP contribution in [0.15, 0.2) is 15.8 Å². The van der Waals surface area contributed by atoms with Gasteiger partial charge in [0.2, 0.25) is 5.91 Å². The van der Waals surface area contributed by atoms with Gasteiger partial charge in [-0.1, -0.05) is 0 Å². The zero-order chi connectivity index (χ0) is 13.7. The smallest absolute Gasteiger partial charge is 0.328 e. The van der Waals surface area contributed by atoms with E-state index in [2.05, 4.69) is 0 Å². The second-order valence-corrected chi connectivity index (χ2v) is 3.21. The van der Waals surface area contributed by atoms with E-state index in [1.807, 2.05) is 10.3 Å². The minimum atomic E-state index is -1.23. The number of hydrogen-bond donors (Lipinski definition) is 3. The number of H-pyrrole nitrogens is 1. The van der Waals surface area contributed by atoms with Crippen LogP contribution in [-0.2, 0) is 16.1 Å². The third-order valence-corrected chi connectivity index (χ3v) is 1.88. The Kier molecular flexibility index (Phi) is 3.98. The number of aliphatic carboxylic acids is 1. The zero-order valence-corrected chi connectivity index (χ0v) is 8.97. The fourth-order valence-electron chi connectivity index (χ4n) is 1.09. The van der Waals surface area contributed by atoms with Crippen LogP contribution in [0.2, 0.25) is 0 Å². The molecule has 1 rings (SSSR count). The first-order chi connectivity index (χ1) is 8.43. The molecule has 1 heterocycles. The number of hydrogen-bond acceptors (Lipinski definition) is 5. The zero-order valence-electron chi connectivity index (χ0n) is 8.97. The van der Waals surface area contributed by atoms with Gasteiger partial charge in [0, 0.05) is 6.20 Å². The molecule has 0 unspecified atom stereocenters. The molecule has 0 aromatic carbocycles. The molecule has 0 aliphatic carbocycles. The molecule has 0 bridgehead atoms. The lowest BCUT2D eigenvalue weighted by atomic mass is 10.3. The number of carbonyl (C=O) groups is 2. The molecule has 0 saturated carbocycles. The minimum absolute atomic E-state index is 0.319. The number of nitrogens with zero attached hydrogens (tertiary/aromatic N) is 2. The maximum absolute atomic E-state index is 11.3. The number of rotatable bonds is 4. The standard InChI is InChI=1S/C9H8N4O5/c10-1-5-3-13(9(18)12-8(5)17)4-6(14)11-2-7(15)16/h3H,2,4H2,(H,11,14)(H,15,16)(H,12,17,18). The molecular weight excluding hydrogens is 244 g/mol. The third-order valence-electron chi connectivity index (χ3n) is 1.88. The van der Waals surface area contributed by atoms with E-state index in [0.717, 1.165) is 10.8 Å². The fourth-order valence-corrected chi connectivity index (χ4v) is 1.09. The average molecular weight is 252 g/mol. The van der Waals surface area contributed by atoms with Gasteiger partial charge < -0.3 is 10.4 Å². The summed E-state index contributed by atoms with van der Waals surface area (Å²) < 4.78 is 0.803. The Hall–Kier alpha value is -2.89. The van der Waals surface area contributed by atoms with Gasteiger partial charge in [-0.3, -0.25) is 23.9 Å². The van der Waals surface area contributed by atoms with Crippen molar-refractivity contribution in [3.63, 3.8) is 0 Å². The Bertz CT molecular complexity index is 636. The summed E-state index contributed by atoms with van der Waals surface area (Å²) in [6, 6.07) is 1.56. The van der Waals surface area contributed by atoms with E-state index >= 15 is 0 Å². The summed E-state index contributed by atoms with van der Waals surface area (Å²) in [7, 11) is 0. The first-order valence-corrected chi connectivity index (χ1v) is 4.66. The highest BCUT2D eigenvalue weighted by atomic mass is 16.4. The Labute approximate surface area is 99.3 Å². The van der Waals surface area contributed by atoms with Gasteiger partial charge in [-0.25, -0.2) is 4.79 Å². The first kappa shape index (κ1) is 13.2. The predicted octanol–water partition coefficient (Wildman–Crippen LogP) is -2.39. The van der Waals surface area contributed by atoms with Crippen molar-refractivity contribution in [2.75, 3.05) is 6.54 Å². The number of carboxylic acid groups (broad SMARTS) is 1. The lowest BCUT2D eigenvalue weighted by molar-refractivity contribution is -0.138. The lowest BCUT2D eigenvalue weighted by Gasteiger charge is -2.05. The Morgan fingerprint density at radius 1 is 1.50 bits per heavy atom. The summed E-state index contributed by atoms with van der Waals surface area (Å²) in [4.78, 5) is 45.6. The molecule has 0 aliphatic heterocycles. The third kappa shape index (κ3) is 3.31. The summed E-state index contributed by atoms with van der Waals surface area (Å²) in [5.41, 5.74) is -2.02. The molecule has 18 heavy (non-hydrogen) atoms. The van der Waals surface area contributed by atoms with Crippen molar-refractivity contribution in [1.82, 2.24) is 14.9 Å². The van der Waals surface area contributed by atoms with E-state index in [1.165, 1.54) is 0 Å². The normalized spacial score (nSPS) is 9.50. The van der Waals surface area contributed by atoms with Crippen molar-refractivity contribution in [2.45, 2.75) is 6.54 Å². The second-order valence-electron chi connectivity index (χ2n) is 3.21. The van der Waals surface area contributed by atoms with Gasteiger partial charge in [0.1, 0.15) is 24.7 Å². The topological polar surface area (TPSA) is 145 Å². The van der Waals surface area contributed by atoms with Crippen LogP contribution in [0.4, 0.5) is 0 Å². The summed E-state index contributed by atoms with van der Waals surface area (Å²) in [6.07, 6.45) is 0.932. The Balaban J connectivity index is 2.89. The summed E-state index contributed by atoms with van der Waals surface area (Å²) in [6.45, 7) is -1.07. The van der Waals surface area contributed by atoms with E-state index < -0.39 is 36.2 Å². The van der Waals surface area contributed by atoms with E-state index in [9.17, 15) is 19.2 Å². The van der Waals surface area contributed by atoms with E-state index in [-0.39, 0.29) is 5.56 Å². The summed E-state index contributed by atoms with van der Waals surface area (Å²) in [5.74, 6) is -1.95. The molecule has 1 amide bonds. The van der Waals surface area contributed by atoms with Crippen LogP contribution in [0.1, 0.15) is 5.56 Å². The second kappa shape index (κ2) is 5.44. The van der Waals surface area contributed by atoms with Gasteiger partial charge in [-0.2, -0.15) is 5.26 Å². The van der Waals surface area contributed by atoms with Crippen LogP contribution < -0.4 is 16.6 Å². The summed E-state index contributed by atoms with van der Waals surface area (Å²) >= 11 is 0. The predicted molar refractivity (Wildman–Crippen MR) is 56.7 cm³/mol. The van der Waals surface area contributed by atoms with Crippen molar-refractivity contribution < 1.29 is 14.7 Å².